The van der Waals surface area contributed by atoms with Crippen molar-refractivity contribution in [3.8, 4) is 0 Å². The highest BCUT2D eigenvalue weighted by molar-refractivity contribution is 5.79. The molecule has 5 heteroatoms. The molecular weight excluding hydrogens is 235 g/mol. The highest BCUT2D eigenvalue weighted by atomic mass is 19.1. The minimum atomic E-state index is -1.01. The van der Waals surface area contributed by atoms with Crippen molar-refractivity contribution in [1.82, 2.24) is 0 Å². The molecule has 0 spiro atoms. The van der Waals surface area contributed by atoms with E-state index in [-0.39, 0.29) is 5.82 Å². The maximum absolute atomic E-state index is 12.8. The summed E-state index contributed by atoms with van der Waals surface area (Å²) in [5.41, 5.74) is 5.72. The van der Waals surface area contributed by atoms with Crippen LogP contribution in [0, 0.1) is 5.82 Å². The van der Waals surface area contributed by atoms with Gasteiger partial charge < -0.3 is 15.4 Å². The molecule has 1 unspecified atom stereocenters. The molecule has 0 aromatic heterocycles. The van der Waals surface area contributed by atoms with Crippen LogP contribution in [0.3, 0.4) is 0 Å². The van der Waals surface area contributed by atoms with Crippen molar-refractivity contribution in [3.63, 3.8) is 0 Å². The standard InChI is InChI=1S/C13H19FN2O2/c1-13(15,12(17)18-3)8-9-16(2)11-6-4-10(14)5-7-11/h4-7H,8-9,15H2,1-3H3. The molecule has 0 aliphatic carbocycles. The molecule has 0 aliphatic heterocycles. The monoisotopic (exact) mass is 254 g/mol. The summed E-state index contributed by atoms with van der Waals surface area (Å²) in [7, 11) is 3.18. The van der Waals surface area contributed by atoms with Gasteiger partial charge in [-0.25, -0.2) is 4.39 Å². The van der Waals surface area contributed by atoms with E-state index in [0.29, 0.717) is 13.0 Å². The van der Waals surface area contributed by atoms with Crippen LogP contribution in [0.5, 0.6) is 0 Å². The van der Waals surface area contributed by atoms with Crippen molar-refractivity contribution in [2.45, 2.75) is 18.9 Å². The SMILES string of the molecule is COC(=O)C(C)(N)CCN(C)c1ccc(F)cc1. The predicted molar refractivity (Wildman–Crippen MR) is 68.9 cm³/mol. The van der Waals surface area contributed by atoms with Gasteiger partial charge in [-0.05, 0) is 37.6 Å². The van der Waals surface area contributed by atoms with Crippen LogP contribution < -0.4 is 10.6 Å². The van der Waals surface area contributed by atoms with Crippen molar-refractivity contribution >= 4 is 11.7 Å². The Morgan fingerprint density at radius 3 is 2.50 bits per heavy atom. The topological polar surface area (TPSA) is 55.6 Å². The highest BCUT2D eigenvalue weighted by Gasteiger charge is 2.29. The summed E-state index contributed by atoms with van der Waals surface area (Å²) in [4.78, 5) is 13.3. The van der Waals surface area contributed by atoms with Crippen LogP contribution >= 0.6 is 0 Å². The second-order valence-electron chi connectivity index (χ2n) is 4.56. The molecule has 0 radical (unpaired) electrons. The van der Waals surface area contributed by atoms with Crippen molar-refractivity contribution in [2.24, 2.45) is 5.73 Å². The van der Waals surface area contributed by atoms with Crippen molar-refractivity contribution < 1.29 is 13.9 Å². The van der Waals surface area contributed by atoms with Crippen molar-refractivity contribution in [1.29, 1.82) is 0 Å². The van der Waals surface area contributed by atoms with Gasteiger partial charge >= 0.3 is 5.97 Å². The first-order valence-electron chi connectivity index (χ1n) is 5.71. The van der Waals surface area contributed by atoms with Crippen molar-refractivity contribution in [2.75, 3.05) is 25.6 Å². The Morgan fingerprint density at radius 2 is 2.00 bits per heavy atom. The number of halogens is 1. The van der Waals surface area contributed by atoms with E-state index in [1.54, 1.807) is 19.1 Å². The van der Waals surface area contributed by atoms with Crippen LogP contribution in [0.25, 0.3) is 0 Å². The third-order valence-corrected chi connectivity index (χ3v) is 2.89. The molecule has 18 heavy (non-hydrogen) atoms. The van der Waals surface area contributed by atoms with E-state index in [4.69, 9.17) is 5.73 Å². The fourth-order valence-corrected chi connectivity index (χ4v) is 1.56. The smallest absolute Gasteiger partial charge is 0.325 e. The molecule has 100 valence electrons. The summed E-state index contributed by atoms with van der Waals surface area (Å²) in [6, 6.07) is 6.16. The minimum Gasteiger partial charge on any atom is -0.468 e. The Labute approximate surface area is 107 Å². The Balaban J connectivity index is 2.58. The zero-order valence-electron chi connectivity index (χ0n) is 10.9. The normalized spacial score (nSPS) is 13.8. The number of nitrogens with zero attached hydrogens (tertiary/aromatic N) is 1. The van der Waals surface area contributed by atoms with Gasteiger partial charge in [-0.1, -0.05) is 0 Å². The van der Waals surface area contributed by atoms with E-state index in [1.165, 1.54) is 19.2 Å². The molecule has 2 N–H and O–H groups in total. The summed E-state index contributed by atoms with van der Waals surface area (Å²) >= 11 is 0. The number of esters is 1. The zero-order chi connectivity index (χ0) is 13.8. The van der Waals surface area contributed by atoms with E-state index in [1.807, 2.05) is 11.9 Å². The summed E-state index contributed by atoms with van der Waals surface area (Å²) in [6.07, 6.45) is 0.452. The number of rotatable bonds is 5. The van der Waals surface area contributed by atoms with Gasteiger partial charge in [0.05, 0.1) is 7.11 Å². The summed E-state index contributed by atoms with van der Waals surface area (Å²) in [5, 5.41) is 0. The van der Waals surface area contributed by atoms with Gasteiger partial charge in [0, 0.05) is 19.3 Å². The lowest BCUT2D eigenvalue weighted by Crippen LogP contribution is -2.47. The molecule has 0 amide bonds. The average Bonchev–Trinajstić information content (AvgIpc) is 2.35. The van der Waals surface area contributed by atoms with Crippen LogP contribution in [-0.4, -0.2) is 32.2 Å². The number of hydrogen-bond donors (Lipinski definition) is 1. The van der Waals surface area contributed by atoms with Crippen LogP contribution in [0.4, 0.5) is 10.1 Å². The number of ether oxygens (including phenoxy) is 1. The number of carbonyl (C=O) groups is 1. The molecule has 0 saturated carbocycles. The van der Waals surface area contributed by atoms with Gasteiger partial charge in [-0.15, -0.1) is 0 Å². The zero-order valence-corrected chi connectivity index (χ0v) is 10.9. The lowest BCUT2D eigenvalue weighted by molar-refractivity contribution is -0.146. The largest absolute Gasteiger partial charge is 0.468 e. The van der Waals surface area contributed by atoms with E-state index < -0.39 is 11.5 Å². The van der Waals surface area contributed by atoms with Gasteiger partial charge in [-0.2, -0.15) is 0 Å². The quantitative estimate of drug-likeness (QED) is 0.810. The Morgan fingerprint density at radius 1 is 1.44 bits per heavy atom. The van der Waals surface area contributed by atoms with Gasteiger partial charge in [0.1, 0.15) is 11.4 Å². The molecule has 1 aromatic carbocycles. The molecule has 1 rings (SSSR count). The third kappa shape index (κ3) is 3.70. The number of hydrogen-bond acceptors (Lipinski definition) is 4. The summed E-state index contributed by atoms with van der Waals surface area (Å²) < 4.78 is 17.4. The van der Waals surface area contributed by atoms with Gasteiger partial charge in [-0.3, -0.25) is 4.79 Å². The lowest BCUT2D eigenvalue weighted by Gasteiger charge is -2.26. The second-order valence-corrected chi connectivity index (χ2v) is 4.56. The number of nitrogens with two attached hydrogens (primary N) is 1. The minimum absolute atomic E-state index is 0.273. The first-order valence-corrected chi connectivity index (χ1v) is 5.71. The maximum Gasteiger partial charge on any atom is 0.325 e. The molecule has 0 heterocycles. The first kappa shape index (κ1) is 14.4. The molecule has 1 atom stereocenters. The molecular formula is C13H19FN2O2. The molecule has 0 fully saturated rings. The summed E-state index contributed by atoms with van der Waals surface area (Å²) in [6.45, 7) is 2.21. The van der Waals surface area contributed by atoms with E-state index in [9.17, 15) is 9.18 Å². The average molecular weight is 254 g/mol. The second kappa shape index (κ2) is 5.82. The molecule has 4 nitrogen and oxygen atoms in total. The third-order valence-electron chi connectivity index (χ3n) is 2.89. The number of methoxy groups -OCH3 is 1. The van der Waals surface area contributed by atoms with E-state index in [2.05, 4.69) is 4.74 Å². The van der Waals surface area contributed by atoms with Crippen LogP contribution in [0.15, 0.2) is 24.3 Å². The molecule has 0 saturated heterocycles. The van der Waals surface area contributed by atoms with Gasteiger partial charge in [0.15, 0.2) is 0 Å². The molecule has 1 aromatic rings. The predicted octanol–water partition coefficient (Wildman–Crippen LogP) is 1.54. The fraction of sp³-hybridized carbons (Fsp3) is 0.462. The van der Waals surface area contributed by atoms with Gasteiger partial charge in [0.25, 0.3) is 0 Å². The van der Waals surface area contributed by atoms with Gasteiger partial charge in [0.2, 0.25) is 0 Å². The Hall–Kier alpha value is -1.62. The number of benzene rings is 1. The van der Waals surface area contributed by atoms with E-state index in [0.717, 1.165) is 5.69 Å². The number of anilines is 1. The first-order chi connectivity index (χ1) is 8.36. The Kier molecular flexibility index (Phi) is 4.67. The van der Waals surface area contributed by atoms with Crippen LogP contribution in [0.1, 0.15) is 13.3 Å². The fourth-order valence-electron chi connectivity index (χ4n) is 1.56. The molecule has 0 bridgehead atoms. The Bertz CT molecular complexity index is 404. The summed E-state index contributed by atoms with van der Waals surface area (Å²) in [5.74, 6) is -0.708. The lowest BCUT2D eigenvalue weighted by atomic mass is 9.99. The highest BCUT2D eigenvalue weighted by Crippen LogP contribution is 2.16. The van der Waals surface area contributed by atoms with Crippen LogP contribution in [-0.2, 0) is 9.53 Å². The van der Waals surface area contributed by atoms with Crippen molar-refractivity contribution in [3.05, 3.63) is 30.1 Å². The maximum atomic E-state index is 12.8. The number of carbonyl (C=O) groups excluding carboxylic acids is 1. The van der Waals surface area contributed by atoms with Crippen LogP contribution in [0.2, 0.25) is 0 Å². The van der Waals surface area contributed by atoms with E-state index >= 15 is 0 Å². The molecule has 0 aliphatic rings.